The molecule has 92 valence electrons. The van der Waals surface area contributed by atoms with Crippen LogP contribution < -0.4 is 10.6 Å². The molecule has 3 saturated heterocycles. The maximum absolute atomic E-state index is 12.1. The van der Waals surface area contributed by atoms with Gasteiger partial charge in [0.15, 0.2) is 0 Å². The molecule has 0 aromatic heterocycles. The number of nitrogens with one attached hydrogen (secondary N) is 2. The molecule has 6 heteroatoms. The lowest BCUT2D eigenvalue weighted by Crippen LogP contribution is -2.44. The average Bonchev–Trinajstić information content (AvgIpc) is 3.00. The van der Waals surface area contributed by atoms with Crippen molar-refractivity contribution in [3.05, 3.63) is 0 Å². The van der Waals surface area contributed by atoms with Crippen molar-refractivity contribution in [1.82, 2.24) is 15.5 Å². The largest absolute Gasteiger partial charge is 0.340 e. The highest BCUT2D eigenvalue weighted by Crippen LogP contribution is 2.29. The summed E-state index contributed by atoms with van der Waals surface area (Å²) in [7, 11) is 0. The highest BCUT2D eigenvalue weighted by molar-refractivity contribution is 6.06. The van der Waals surface area contributed by atoms with E-state index < -0.39 is 0 Å². The molecule has 2 N–H and O–H groups in total. The normalized spacial score (nSPS) is 36.2. The molecule has 0 radical (unpaired) electrons. The van der Waals surface area contributed by atoms with E-state index in [0.29, 0.717) is 13.1 Å². The molecule has 0 unspecified atom stereocenters. The molecule has 0 aromatic rings. The molecule has 0 spiro atoms. The zero-order valence-electron chi connectivity index (χ0n) is 9.44. The summed E-state index contributed by atoms with van der Waals surface area (Å²) in [6.07, 6.45) is 1.86. The van der Waals surface area contributed by atoms with Crippen LogP contribution in [0.3, 0.4) is 0 Å². The smallest absolute Gasteiger partial charge is 0.239 e. The number of nitrogens with zero attached hydrogens (tertiary/aromatic N) is 1. The second-order valence-electron chi connectivity index (χ2n) is 4.96. The maximum Gasteiger partial charge on any atom is 0.239 e. The van der Waals surface area contributed by atoms with E-state index in [2.05, 4.69) is 10.6 Å². The Morgan fingerprint density at radius 2 is 1.82 bits per heavy atom. The summed E-state index contributed by atoms with van der Waals surface area (Å²) in [5.41, 5.74) is 0. The zero-order valence-corrected chi connectivity index (χ0v) is 9.44. The van der Waals surface area contributed by atoms with Crippen LogP contribution in [0.5, 0.6) is 0 Å². The van der Waals surface area contributed by atoms with Gasteiger partial charge in [-0.1, -0.05) is 0 Å². The lowest BCUT2D eigenvalue weighted by Gasteiger charge is -2.21. The van der Waals surface area contributed by atoms with Gasteiger partial charge in [-0.05, 0) is 19.4 Å². The number of carbonyl (C=O) groups excluding carboxylic acids is 3. The maximum atomic E-state index is 12.1. The minimum atomic E-state index is -0.326. The van der Waals surface area contributed by atoms with Gasteiger partial charge in [0.1, 0.15) is 0 Å². The van der Waals surface area contributed by atoms with E-state index in [-0.39, 0.29) is 35.6 Å². The topological polar surface area (TPSA) is 78.5 Å². The van der Waals surface area contributed by atoms with Crippen LogP contribution in [0.15, 0.2) is 0 Å². The molecule has 6 nitrogen and oxygen atoms in total. The standard InChI is InChI=1S/C11H15N3O3/c15-9-6-4-14(5-7(6)10(16)13-9)11(17)8-2-1-3-12-8/h6-8,12H,1-5H2,(H,13,15,16)/t6-,7-,8-/m1/s1. The number of likely N-dealkylation sites (tertiary alicyclic amines) is 1. The monoisotopic (exact) mass is 237 g/mol. The van der Waals surface area contributed by atoms with Gasteiger partial charge in [-0.2, -0.15) is 0 Å². The van der Waals surface area contributed by atoms with Gasteiger partial charge in [0.05, 0.1) is 17.9 Å². The van der Waals surface area contributed by atoms with Crippen molar-refractivity contribution in [2.45, 2.75) is 18.9 Å². The third-order valence-electron chi connectivity index (χ3n) is 3.91. The average molecular weight is 237 g/mol. The first-order chi connectivity index (χ1) is 8.16. The van der Waals surface area contributed by atoms with Crippen molar-refractivity contribution < 1.29 is 14.4 Å². The zero-order chi connectivity index (χ0) is 12.0. The number of hydrogen-bond acceptors (Lipinski definition) is 4. The molecule has 3 fully saturated rings. The molecule has 3 atom stereocenters. The number of carbonyl (C=O) groups is 3. The van der Waals surface area contributed by atoms with E-state index in [9.17, 15) is 14.4 Å². The number of amides is 3. The van der Waals surface area contributed by atoms with Crippen LogP contribution in [0.2, 0.25) is 0 Å². The van der Waals surface area contributed by atoms with Gasteiger partial charge >= 0.3 is 0 Å². The van der Waals surface area contributed by atoms with Crippen molar-refractivity contribution in [3.63, 3.8) is 0 Å². The third-order valence-corrected chi connectivity index (χ3v) is 3.91. The predicted molar refractivity (Wildman–Crippen MR) is 57.7 cm³/mol. The Balaban J connectivity index is 1.70. The summed E-state index contributed by atoms with van der Waals surface area (Å²) >= 11 is 0. The predicted octanol–water partition coefficient (Wildman–Crippen LogP) is -1.53. The number of fused-ring (bicyclic) bond motifs is 1. The second-order valence-corrected chi connectivity index (χ2v) is 4.96. The van der Waals surface area contributed by atoms with Gasteiger partial charge in [-0.3, -0.25) is 19.7 Å². The Labute approximate surface area is 98.7 Å². The minimum Gasteiger partial charge on any atom is -0.340 e. The highest BCUT2D eigenvalue weighted by Gasteiger charge is 2.49. The highest BCUT2D eigenvalue weighted by atomic mass is 16.2. The summed E-state index contributed by atoms with van der Waals surface area (Å²) in [6, 6.07) is -0.119. The van der Waals surface area contributed by atoms with Gasteiger partial charge in [0.2, 0.25) is 17.7 Å². The lowest BCUT2D eigenvalue weighted by atomic mass is 10.00. The fraction of sp³-hybridized carbons (Fsp3) is 0.727. The molecule has 0 bridgehead atoms. The first-order valence-electron chi connectivity index (χ1n) is 6.03. The van der Waals surface area contributed by atoms with Crippen molar-refractivity contribution in [2.75, 3.05) is 19.6 Å². The van der Waals surface area contributed by atoms with Crippen molar-refractivity contribution in [3.8, 4) is 0 Å². The fourth-order valence-corrected chi connectivity index (χ4v) is 2.94. The molecule has 3 rings (SSSR count). The van der Waals surface area contributed by atoms with E-state index >= 15 is 0 Å². The SMILES string of the molecule is O=C1NC(=O)[C@@H]2CN(C(=O)[C@H]3CCCN3)C[C@@H]12. The van der Waals surface area contributed by atoms with E-state index in [1.165, 1.54) is 0 Å². The van der Waals surface area contributed by atoms with E-state index in [4.69, 9.17) is 0 Å². The van der Waals surface area contributed by atoms with Crippen molar-refractivity contribution >= 4 is 17.7 Å². The van der Waals surface area contributed by atoms with Crippen LogP contribution in [0, 0.1) is 11.8 Å². The second kappa shape index (κ2) is 3.80. The molecule has 3 amide bonds. The molecule has 3 heterocycles. The number of hydrogen-bond donors (Lipinski definition) is 2. The van der Waals surface area contributed by atoms with Crippen molar-refractivity contribution in [2.24, 2.45) is 11.8 Å². The Kier molecular flexibility index (Phi) is 2.39. The molecule has 3 aliphatic rings. The van der Waals surface area contributed by atoms with Crippen LogP contribution >= 0.6 is 0 Å². The summed E-state index contributed by atoms with van der Waals surface area (Å²) in [6.45, 7) is 1.65. The Morgan fingerprint density at radius 3 is 2.35 bits per heavy atom. The van der Waals surface area contributed by atoms with Crippen molar-refractivity contribution in [1.29, 1.82) is 0 Å². The first-order valence-corrected chi connectivity index (χ1v) is 6.03. The van der Waals surface area contributed by atoms with Gasteiger partial charge in [0.25, 0.3) is 0 Å². The Hall–Kier alpha value is -1.43. The molecule has 0 saturated carbocycles. The number of rotatable bonds is 1. The van der Waals surface area contributed by atoms with Gasteiger partial charge in [-0.15, -0.1) is 0 Å². The summed E-state index contributed by atoms with van der Waals surface area (Å²) in [5, 5.41) is 5.46. The van der Waals surface area contributed by atoms with Gasteiger partial charge < -0.3 is 10.2 Å². The number of imide groups is 1. The fourth-order valence-electron chi connectivity index (χ4n) is 2.94. The molecule has 3 aliphatic heterocycles. The first kappa shape index (κ1) is 10.7. The minimum absolute atomic E-state index is 0.0394. The Bertz CT molecular complexity index is 367. The van der Waals surface area contributed by atoms with E-state index in [1.807, 2.05) is 0 Å². The van der Waals surface area contributed by atoms with E-state index in [0.717, 1.165) is 19.4 Å². The van der Waals surface area contributed by atoms with Gasteiger partial charge in [0, 0.05) is 13.1 Å². The molecule has 0 aliphatic carbocycles. The molecule has 17 heavy (non-hydrogen) atoms. The summed E-state index contributed by atoms with van der Waals surface area (Å²) in [4.78, 5) is 36.7. The summed E-state index contributed by atoms with van der Waals surface area (Å²) in [5.74, 6) is -1.07. The van der Waals surface area contributed by atoms with Crippen LogP contribution in [-0.2, 0) is 14.4 Å². The quantitative estimate of drug-likeness (QED) is 0.542. The third kappa shape index (κ3) is 1.63. The lowest BCUT2D eigenvalue weighted by molar-refractivity contribution is -0.133. The summed E-state index contributed by atoms with van der Waals surface area (Å²) < 4.78 is 0. The van der Waals surface area contributed by atoms with Crippen LogP contribution in [0.25, 0.3) is 0 Å². The van der Waals surface area contributed by atoms with Crippen LogP contribution in [0.4, 0.5) is 0 Å². The Morgan fingerprint density at radius 1 is 1.18 bits per heavy atom. The van der Waals surface area contributed by atoms with Crippen LogP contribution in [0.1, 0.15) is 12.8 Å². The molecule has 0 aromatic carbocycles. The molecular weight excluding hydrogens is 222 g/mol. The van der Waals surface area contributed by atoms with Crippen LogP contribution in [-0.4, -0.2) is 48.3 Å². The van der Waals surface area contributed by atoms with Gasteiger partial charge in [-0.25, -0.2) is 0 Å². The molecular formula is C11H15N3O3. The van der Waals surface area contributed by atoms with E-state index in [1.54, 1.807) is 4.90 Å².